The molecule has 0 atom stereocenters. The van der Waals surface area contributed by atoms with E-state index in [1.165, 1.54) is 12.8 Å². The van der Waals surface area contributed by atoms with Crippen LogP contribution < -0.4 is 16.4 Å². The molecule has 182 valence electrons. The highest BCUT2D eigenvalue weighted by Crippen LogP contribution is 2.30. The number of rotatable bonds is 10. The number of carbonyl (C=O) groups is 2. The van der Waals surface area contributed by atoms with Gasteiger partial charge in [-0.15, -0.1) is 0 Å². The van der Waals surface area contributed by atoms with Gasteiger partial charge in [0, 0.05) is 21.8 Å². The molecular weight excluding hydrogens is 514 g/mol. The lowest BCUT2D eigenvalue weighted by molar-refractivity contribution is -0.116. The first kappa shape index (κ1) is 24.5. The highest BCUT2D eigenvalue weighted by atomic mass is 79.9. The molecule has 0 fully saturated rings. The van der Waals surface area contributed by atoms with Crippen molar-refractivity contribution in [3.63, 3.8) is 0 Å². The van der Waals surface area contributed by atoms with Crippen LogP contribution in [0.1, 0.15) is 55.9 Å². The third-order valence-electron chi connectivity index (χ3n) is 5.61. The van der Waals surface area contributed by atoms with Gasteiger partial charge in [-0.05, 0) is 36.8 Å². The van der Waals surface area contributed by atoms with Crippen LogP contribution in [0.2, 0.25) is 0 Å². The molecule has 0 aliphatic carbocycles. The normalized spacial score (nSPS) is 11.0. The Morgan fingerprint density at radius 3 is 2.60 bits per heavy atom. The van der Waals surface area contributed by atoms with Crippen molar-refractivity contribution in [2.75, 3.05) is 10.6 Å². The minimum atomic E-state index is -0.691. The molecule has 0 unspecified atom stereocenters. The molecule has 4 N–H and O–H groups in total. The molecule has 4 aromatic rings. The van der Waals surface area contributed by atoms with E-state index >= 15 is 0 Å². The summed E-state index contributed by atoms with van der Waals surface area (Å²) in [5, 5.41) is 10.3. The Bertz CT molecular complexity index is 1400. The highest BCUT2D eigenvalue weighted by molar-refractivity contribution is 9.10. The average molecular weight is 540 g/mol. The molecule has 35 heavy (non-hydrogen) atoms. The largest absolute Gasteiger partial charge is 0.439 e. The van der Waals surface area contributed by atoms with E-state index in [0.29, 0.717) is 34.6 Å². The maximum Gasteiger partial charge on any atom is 0.439 e. The zero-order chi connectivity index (χ0) is 24.8. The zero-order valence-electron chi connectivity index (χ0n) is 19.2. The summed E-state index contributed by atoms with van der Waals surface area (Å²) in [5.74, 6) is -0.925. The number of carbonyl (C=O) groups excluding carboxylic acids is 2. The van der Waals surface area contributed by atoms with Crippen LogP contribution in [0.25, 0.3) is 22.3 Å². The standard InChI is InChI=1S/C25H26BrN5O4/c1-2-3-4-5-6-10-21(32)27-19-9-7-8-15-13-20(28-22(15)19)24(33)29-18-12-11-16(26)14-17(18)23-30-25(34)35-31-23/h7-9,11-14,28H,2-6,10H2,1H3,(H,27,32)(H,29,33)(H,30,31,34). The summed E-state index contributed by atoms with van der Waals surface area (Å²) < 4.78 is 5.34. The third-order valence-corrected chi connectivity index (χ3v) is 6.10. The molecule has 2 heterocycles. The molecular formula is C25H26BrN5O4. The lowest BCUT2D eigenvalue weighted by Gasteiger charge is -2.09. The minimum Gasteiger partial charge on any atom is -0.349 e. The van der Waals surface area contributed by atoms with Gasteiger partial charge in [0.05, 0.1) is 16.9 Å². The van der Waals surface area contributed by atoms with Gasteiger partial charge in [-0.3, -0.25) is 19.1 Å². The van der Waals surface area contributed by atoms with Gasteiger partial charge in [0.2, 0.25) is 5.91 Å². The lowest BCUT2D eigenvalue weighted by Crippen LogP contribution is -2.13. The van der Waals surface area contributed by atoms with Gasteiger partial charge < -0.3 is 15.6 Å². The second-order valence-corrected chi connectivity index (χ2v) is 9.17. The maximum atomic E-state index is 13.1. The number of benzene rings is 2. The van der Waals surface area contributed by atoms with Crippen molar-refractivity contribution in [2.24, 2.45) is 0 Å². The Hall–Kier alpha value is -3.66. The summed E-state index contributed by atoms with van der Waals surface area (Å²) >= 11 is 3.39. The molecule has 0 spiro atoms. The second kappa shape index (κ2) is 11.2. The number of fused-ring (bicyclic) bond motifs is 1. The maximum absolute atomic E-state index is 13.1. The fourth-order valence-electron chi connectivity index (χ4n) is 3.84. The summed E-state index contributed by atoms with van der Waals surface area (Å²) in [5.41, 5.74) is 2.56. The number of nitrogens with zero attached hydrogens (tertiary/aromatic N) is 1. The van der Waals surface area contributed by atoms with Crippen molar-refractivity contribution in [1.82, 2.24) is 15.1 Å². The van der Waals surface area contributed by atoms with E-state index in [-0.39, 0.29) is 17.6 Å². The summed E-state index contributed by atoms with van der Waals surface area (Å²) in [6.45, 7) is 2.16. The number of nitrogens with one attached hydrogen (secondary N) is 4. The highest BCUT2D eigenvalue weighted by Gasteiger charge is 2.17. The molecule has 2 amide bonds. The first-order chi connectivity index (χ1) is 16.9. The van der Waals surface area contributed by atoms with Gasteiger partial charge in [0.1, 0.15) is 5.69 Å². The third kappa shape index (κ3) is 6.07. The van der Waals surface area contributed by atoms with Crippen molar-refractivity contribution in [3.8, 4) is 11.4 Å². The van der Waals surface area contributed by atoms with Gasteiger partial charge in [-0.25, -0.2) is 4.79 Å². The number of H-pyrrole nitrogens is 2. The van der Waals surface area contributed by atoms with Crippen LogP contribution in [0.15, 0.2) is 56.3 Å². The van der Waals surface area contributed by atoms with Crippen molar-refractivity contribution in [1.29, 1.82) is 0 Å². The molecule has 2 aromatic carbocycles. The molecule has 10 heteroatoms. The molecule has 9 nitrogen and oxygen atoms in total. The molecule has 0 aliphatic rings. The van der Waals surface area contributed by atoms with E-state index in [1.807, 2.05) is 18.2 Å². The quantitative estimate of drug-likeness (QED) is 0.188. The molecule has 4 rings (SSSR count). The monoisotopic (exact) mass is 539 g/mol. The van der Waals surface area contributed by atoms with Gasteiger partial charge in [-0.1, -0.05) is 65.8 Å². The fraction of sp³-hybridized carbons (Fsp3) is 0.280. The molecule has 2 aromatic heterocycles. The van der Waals surface area contributed by atoms with Crippen LogP contribution in [-0.2, 0) is 4.79 Å². The number of para-hydroxylation sites is 1. The Kier molecular flexibility index (Phi) is 7.81. The predicted octanol–water partition coefficient (Wildman–Crippen LogP) is 5.83. The van der Waals surface area contributed by atoms with E-state index < -0.39 is 5.76 Å². The van der Waals surface area contributed by atoms with E-state index in [0.717, 1.165) is 29.1 Å². The number of anilines is 2. The molecule has 0 bridgehead atoms. The van der Waals surface area contributed by atoms with Crippen molar-refractivity contribution < 1.29 is 14.1 Å². The first-order valence-electron chi connectivity index (χ1n) is 11.5. The van der Waals surface area contributed by atoms with Gasteiger partial charge in [-0.2, -0.15) is 0 Å². The Morgan fingerprint density at radius 1 is 1.00 bits per heavy atom. The van der Waals surface area contributed by atoms with Gasteiger partial charge in [0.25, 0.3) is 5.91 Å². The topological polar surface area (TPSA) is 133 Å². The van der Waals surface area contributed by atoms with Gasteiger partial charge in [0.15, 0.2) is 5.82 Å². The Balaban J connectivity index is 1.50. The Labute approximate surface area is 209 Å². The number of hydrogen-bond donors (Lipinski definition) is 4. The van der Waals surface area contributed by atoms with Crippen molar-refractivity contribution in [3.05, 3.63) is 63.2 Å². The molecule has 0 aliphatic heterocycles. The average Bonchev–Trinajstić information content (AvgIpc) is 3.47. The SMILES string of the molecule is CCCCCCCC(=O)Nc1cccc2cc(C(=O)Nc3ccc(Br)cc3-c3noc(=O)[nH]3)[nH]c12. The molecule has 0 saturated carbocycles. The molecule has 0 radical (unpaired) electrons. The van der Waals surface area contributed by atoms with E-state index in [4.69, 9.17) is 0 Å². The van der Waals surface area contributed by atoms with Crippen LogP contribution in [0.4, 0.5) is 11.4 Å². The Morgan fingerprint density at radius 2 is 1.83 bits per heavy atom. The lowest BCUT2D eigenvalue weighted by atomic mass is 10.1. The number of aromatic nitrogens is 3. The number of hydrogen-bond acceptors (Lipinski definition) is 5. The number of amides is 2. The van der Waals surface area contributed by atoms with E-state index in [2.05, 4.69) is 53.1 Å². The summed E-state index contributed by atoms with van der Waals surface area (Å²) in [6.07, 6.45) is 5.85. The number of aromatic amines is 2. The van der Waals surface area contributed by atoms with Crippen molar-refractivity contribution >= 4 is 50.0 Å². The first-order valence-corrected chi connectivity index (χ1v) is 12.3. The smallest absolute Gasteiger partial charge is 0.349 e. The number of unbranched alkanes of at least 4 members (excludes halogenated alkanes) is 4. The molecule has 0 saturated heterocycles. The van der Waals surface area contributed by atoms with Crippen LogP contribution in [0.3, 0.4) is 0 Å². The van der Waals surface area contributed by atoms with E-state index in [9.17, 15) is 14.4 Å². The zero-order valence-corrected chi connectivity index (χ0v) is 20.8. The van der Waals surface area contributed by atoms with Crippen LogP contribution >= 0.6 is 15.9 Å². The summed E-state index contributed by atoms with van der Waals surface area (Å²) in [4.78, 5) is 42.5. The minimum absolute atomic E-state index is 0.0456. The van der Waals surface area contributed by atoms with E-state index in [1.54, 1.807) is 24.3 Å². The second-order valence-electron chi connectivity index (χ2n) is 8.25. The van der Waals surface area contributed by atoms with Crippen LogP contribution in [0, 0.1) is 0 Å². The van der Waals surface area contributed by atoms with Crippen LogP contribution in [0.5, 0.6) is 0 Å². The van der Waals surface area contributed by atoms with Crippen molar-refractivity contribution in [2.45, 2.75) is 45.4 Å². The summed E-state index contributed by atoms with van der Waals surface area (Å²) in [7, 11) is 0. The number of halogens is 1. The fourth-order valence-corrected chi connectivity index (χ4v) is 4.20. The predicted molar refractivity (Wildman–Crippen MR) is 139 cm³/mol. The van der Waals surface area contributed by atoms with Crippen LogP contribution in [-0.4, -0.2) is 26.9 Å². The van der Waals surface area contributed by atoms with Gasteiger partial charge >= 0.3 is 5.76 Å². The summed E-state index contributed by atoms with van der Waals surface area (Å²) in [6, 6.07) is 12.4.